The zero-order valence-corrected chi connectivity index (χ0v) is 12.7. The van der Waals surface area contributed by atoms with Crippen LogP contribution in [0.5, 0.6) is 0 Å². The van der Waals surface area contributed by atoms with Gasteiger partial charge in [-0.15, -0.1) is 0 Å². The molecule has 1 heterocycles. The highest BCUT2D eigenvalue weighted by molar-refractivity contribution is 9.10. The third kappa shape index (κ3) is 2.22. The Morgan fingerprint density at radius 3 is 2.17 bits per heavy atom. The molecular formula is C14H18BrN3. The number of aromatic amines is 1. The van der Waals surface area contributed by atoms with Gasteiger partial charge >= 0.3 is 0 Å². The third-order valence-electron chi connectivity index (χ3n) is 3.59. The number of aromatic nitrogens is 2. The molecule has 0 aliphatic rings. The second-order valence-corrected chi connectivity index (χ2v) is 5.62. The van der Waals surface area contributed by atoms with E-state index in [0.29, 0.717) is 0 Å². The number of nitrogens with zero attached hydrogens (tertiary/aromatic N) is 1. The van der Waals surface area contributed by atoms with E-state index >= 15 is 0 Å². The first-order valence-corrected chi connectivity index (χ1v) is 6.74. The monoisotopic (exact) mass is 307 g/mol. The van der Waals surface area contributed by atoms with Crippen molar-refractivity contribution in [2.24, 2.45) is 5.73 Å². The summed E-state index contributed by atoms with van der Waals surface area (Å²) in [6.45, 7) is 8.48. The molecule has 3 nitrogen and oxygen atoms in total. The topological polar surface area (TPSA) is 54.7 Å². The molecular weight excluding hydrogens is 290 g/mol. The van der Waals surface area contributed by atoms with Gasteiger partial charge in [0.1, 0.15) is 10.4 Å². The quantitative estimate of drug-likeness (QED) is 0.893. The molecule has 18 heavy (non-hydrogen) atoms. The predicted molar refractivity (Wildman–Crippen MR) is 77.7 cm³/mol. The molecule has 1 aromatic carbocycles. The highest BCUT2D eigenvalue weighted by atomic mass is 79.9. The summed E-state index contributed by atoms with van der Waals surface area (Å²) in [5.41, 5.74) is 12.6. The van der Waals surface area contributed by atoms with Crippen LogP contribution in [0.1, 0.15) is 39.7 Å². The van der Waals surface area contributed by atoms with Gasteiger partial charge in [0, 0.05) is 0 Å². The van der Waals surface area contributed by atoms with Gasteiger partial charge in [-0.1, -0.05) is 6.07 Å². The Balaban J connectivity index is 2.57. The Kier molecular flexibility index (Phi) is 3.59. The first-order chi connectivity index (χ1) is 8.41. The van der Waals surface area contributed by atoms with E-state index in [1.807, 2.05) is 0 Å². The maximum atomic E-state index is 6.35. The van der Waals surface area contributed by atoms with Crippen LogP contribution in [0.2, 0.25) is 0 Å². The van der Waals surface area contributed by atoms with E-state index in [1.165, 1.54) is 27.8 Å². The Morgan fingerprint density at radius 2 is 1.72 bits per heavy atom. The van der Waals surface area contributed by atoms with Crippen molar-refractivity contribution in [1.82, 2.24) is 9.97 Å². The van der Waals surface area contributed by atoms with Gasteiger partial charge in [-0.3, -0.25) is 0 Å². The SMILES string of the molecule is Cc1cc(C)c(C)c(C(N)c2ncc(Br)[nH]2)c1C. The minimum absolute atomic E-state index is 0.213. The second kappa shape index (κ2) is 4.86. The fourth-order valence-corrected chi connectivity index (χ4v) is 2.63. The summed E-state index contributed by atoms with van der Waals surface area (Å²) < 4.78 is 0.854. The molecule has 1 aromatic heterocycles. The molecule has 0 aliphatic heterocycles. The molecule has 4 heteroatoms. The molecule has 1 unspecified atom stereocenters. The lowest BCUT2D eigenvalue weighted by molar-refractivity contribution is 0.782. The molecule has 0 saturated carbocycles. The molecule has 3 N–H and O–H groups in total. The molecule has 1 atom stereocenters. The van der Waals surface area contributed by atoms with Crippen LogP contribution in [-0.4, -0.2) is 9.97 Å². The lowest BCUT2D eigenvalue weighted by atomic mass is 9.90. The Labute approximate surface area is 116 Å². The number of nitrogens with one attached hydrogen (secondary N) is 1. The number of nitrogens with two attached hydrogens (primary N) is 1. The van der Waals surface area contributed by atoms with Crippen molar-refractivity contribution >= 4 is 15.9 Å². The lowest BCUT2D eigenvalue weighted by Crippen LogP contribution is -2.17. The van der Waals surface area contributed by atoms with Crippen molar-refractivity contribution in [2.45, 2.75) is 33.7 Å². The van der Waals surface area contributed by atoms with E-state index in [2.05, 4.69) is 59.7 Å². The summed E-state index contributed by atoms with van der Waals surface area (Å²) in [4.78, 5) is 7.45. The smallest absolute Gasteiger partial charge is 0.128 e. The van der Waals surface area contributed by atoms with Gasteiger partial charge in [0.15, 0.2) is 0 Å². The third-order valence-corrected chi connectivity index (χ3v) is 4.00. The van der Waals surface area contributed by atoms with Crippen LogP contribution in [0, 0.1) is 27.7 Å². The average Bonchev–Trinajstić information content (AvgIpc) is 2.73. The van der Waals surface area contributed by atoms with E-state index in [9.17, 15) is 0 Å². The number of hydrogen-bond acceptors (Lipinski definition) is 2. The number of rotatable bonds is 2. The van der Waals surface area contributed by atoms with Gasteiger partial charge in [-0.05, 0) is 71.4 Å². The molecule has 0 radical (unpaired) electrons. The van der Waals surface area contributed by atoms with E-state index in [1.54, 1.807) is 6.20 Å². The Morgan fingerprint density at radius 1 is 1.17 bits per heavy atom. The van der Waals surface area contributed by atoms with E-state index in [4.69, 9.17) is 5.73 Å². The van der Waals surface area contributed by atoms with E-state index in [0.717, 1.165) is 10.4 Å². The fourth-order valence-electron chi connectivity index (χ4n) is 2.32. The van der Waals surface area contributed by atoms with Crippen molar-refractivity contribution in [1.29, 1.82) is 0 Å². The summed E-state index contributed by atoms with van der Waals surface area (Å²) in [5.74, 6) is 0.790. The van der Waals surface area contributed by atoms with Gasteiger partial charge in [0.25, 0.3) is 0 Å². The summed E-state index contributed by atoms with van der Waals surface area (Å²) in [5, 5.41) is 0. The van der Waals surface area contributed by atoms with Gasteiger partial charge in [0.05, 0.1) is 12.2 Å². The predicted octanol–water partition coefficient (Wildman–Crippen LogP) is 3.45. The summed E-state index contributed by atoms with van der Waals surface area (Å²) >= 11 is 3.37. The largest absolute Gasteiger partial charge is 0.335 e. The van der Waals surface area contributed by atoms with Crippen LogP contribution in [0.3, 0.4) is 0 Å². The molecule has 0 fully saturated rings. The van der Waals surface area contributed by atoms with Crippen LogP contribution >= 0.6 is 15.9 Å². The minimum Gasteiger partial charge on any atom is -0.335 e. The molecule has 2 rings (SSSR count). The Bertz CT molecular complexity index is 561. The number of imidazole rings is 1. The molecule has 0 saturated heterocycles. The first kappa shape index (κ1) is 13.3. The van der Waals surface area contributed by atoms with Crippen molar-refractivity contribution < 1.29 is 0 Å². The summed E-state index contributed by atoms with van der Waals surface area (Å²) in [7, 11) is 0. The molecule has 2 aromatic rings. The zero-order valence-electron chi connectivity index (χ0n) is 11.1. The van der Waals surface area contributed by atoms with Crippen LogP contribution in [0.25, 0.3) is 0 Å². The molecule has 0 amide bonds. The first-order valence-electron chi connectivity index (χ1n) is 5.95. The lowest BCUT2D eigenvalue weighted by Gasteiger charge is -2.19. The number of hydrogen-bond donors (Lipinski definition) is 2. The van der Waals surface area contributed by atoms with Crippen LogP contribution in [-0.2, 0) is 0 Å². The Hall–Kier alpha value is -1.13. The molecule has 96 valence electrons. The summed E-state index contributed by atoms with van der Waals surface area (Å²) in [6.07, 6.45) is 1.74. The van der Waals surface area contributed by atoms with Gasteiger partial charge < -0.3 is 10.7 Å². The number of benzene rings is 1. The summed E-state index contributed by atoms with van der Waals surface area (Å²) in [6, 6.07) is 1.99. The zero-order chi connectivity index (χ0) is 13.4. The molecule has 0 aliphatic carbocycles. The number of aryl methyl sites for hydroxylation is 2. The molecule has 0 spiro atoms. The van der Waals surface area contributed by atoms with Gasteiger partial charge in [-0.25, -0.2) is 4.98 Å². The number of H-pyrrole nitrogens is 1. The van der Waals surface area contributed by atoms with E-state index in [-0.39, 0.29) is 6.04 Å². The number of halogens is 1. The van der Waals surface area contributed by atoms with Gasteiger partial charge in [0.2, 0.25) is 0 Å². The van der Waals surface area contributed by atoms with E-state index < -0.39 is 0 Å². The fraction of sp³-hybridized carbons (Fsp3) is 0.357. The average molecular weight is 308 g/mol. The standard InChI is InChI=1S/C14H18BrN3/c1-7-5-8(2)10(4)12(9(7)3)13(16)14-17-6-11(15)18-14/h5-6,13H,16H2,1-4H3,(H,17,18). The highest BCUT2D eigenvalue weighted by Gasteiger charge is 2.19. The maximum Gasteiger partial charge on any atom is 0.128 e. The van der Waals surface area contributed by atoms with Gasteiger partial charge in [-0.2, -0.15) is 0 Å². The van der Waals surface area contributed by atoms with Crippen LogP contribution in [0.15, 0.2) is 16.9 Å². The van der Waals surface area contributed by atoms with Crippen molar-refractivity contribution in [2.75, 3.05) is 0 Å². The van der Waals surface area contributed by atoms with Crippen molar-refractivity contribution in [3.63, 3.8) is 0 Å². The highest BCUT2D eigenvalue weighted by Crippen LogP contribution is 2.29. The van der Waals surface area contributed by atoms with Crippen LogP contribution in [0.4, 0.5) is 0 Å². The minimum atomic E-state index is -0.213. The maximum absolute atomic E-state index is 6.35. The molecule has 0 bridgehead atoms. The van der Waals surface area contributed by atoms with Crippen LogP contribution < -0.4 is 5.73 Å². The second-order valence-electron chi connectivity index (χ2n) is 4.77. The normalized spacial score (nSPS) is 12.8. The van der Waals surface area contributed by atoms with Crippen molar-refractivity contribution in [3.05, 3.63) is 50.5 Å². The van der Waals surface area contributed by atoms with Crippen molar-refractivity contribution in [3.8, 4) is 0 Å².